The molecule has 170 valence electrons. The summed E-state index contributed by atoms with van der Waals surface area (Å²) in [7, 11) is 0. The van der Waals surface area contributed by atoms with Crippen molar-refractivity contribution in [2.45, 2.75) is 40.2 Å². The number of aromatic nitrogens is 2. The molecular weight excluding hydrogens is 431 g/mol. The van der Waals surface area contributed by atoms with Crippen LogP contribution >= 0.6 is 11.3 Å². The first-order valence-electron chi connectivity index (χ1n) is 10.5. The zero-order chi connectivity index (χ0) is 23.4. The van der Waals surface area contributed by atoms with Crippen LogP contribution in [0.2, 0.25) is 0 Å². The first kappa shape index (κ1) is 23.5. The molecule has 0 aliphatic rings. The minimum Gasteiger partial charge on any atom is -0.383 e. The van der Waals surface area contributed by atoms with Crippen LogP contribution in [0.4, 0.5) is 15.9 Å². The second kappa shape index (κ2) is 9.95. The molecule has 1 aromatic carbocycles. The average molecular weight is 459 g/mol. The van der Waals surface area contributed by atoms with E-state index in [0.29, 0.717) is 28.3 Å². The maximum atomic E-state index is 14.2. The number of thiophene rings is 1. The molecule has 7 nitrogen and oxygen atoms in total. The summed E-state index contributed by atoms with van der Waals surface area (Å²) in [6.07, 6.45) is 1.43. The summed E-state index contributed by atoms with van der Waals surface area (Å²) >= 11 is 1.14. The van der Waals surface area contributed by atoms with Crippen LogP contribution in [0, 0.1) is 11.7 Å². The molecule has 9 heteroatoms. The van der Waals surface area contributed by atoms with E-state index in [9.17, 15) is 18.8 Å². The first-order chi connectivity index (χ1) is 15.2. The fraction of sp³-hybridized carbons (Fsp3) is 0.348. The Morgan fingerprint density at radius 3 is 2.59 bits per heavy atom. The molecule has 0 fully saturated rings. The second-order valence-corrected chi connectivity index (χ2v) is 9.04. The van der Waals surface area contributed by atoms with E-state index in [1.54, 1.807) is 30.3 Å². The van der Waals surface area contributed by atoms with E-state index in [-0.39, 0.29) is 29.8 Å². The van der Waals surface area contributed by atoms with Gasteiger partial charge in [0.2, 0.25) is 0 Å². The van der Waals surface area contributed by atoms with Gasteiger partial charge in [0.25, 0.3) is 11.5 Å². The van der Waals surface area contributed by atoms with Crippen molar-refractivity contribution in [3.05, 3.63) is 67.9 Å². The average Bonchev–Trinajstić information content (AvgIpc) is 3.23. The third kappa shape index (κ3) is 4.83. The number of carbonyl (C=O) groups excluding carboxylic acids is 1. The van der Waals surface area contributed by atoms with Crippen molar-refractivity contribution in [2.75, 3.05) is 17.2 Å². The van der Waals surface area contributed by atoms with Gasteiger partial charge in [0.15, 0.2) is 5.69 Å². The highest BCUT2D eigenvalue weighted by Gasteiger charge is 2.26. The zero-order valence-electron chi connectivity index (χ0n) is 18.4. The third-order valence-electron chi connectivity index (χ3n) is 4.97. The molecular formula is C23H27FN4O3S. The molecule has 1 amide bonds. The van der Waals surface area contributed by atoms with E-state index >= 15 is 0 Å². The van der Waals surface area contributed by atoms with E-state index in [0.717, 1.165) is 17.8 Å². The van der Waals surface area contributed by atoms with Crippen LogP contribution in [0.3, 0.4) is 0 Å². The monoisotopic (exact) mass is 458 g/mol. The van der Waals surface area contributed by atoms with Crippen LogP contribution in [-0.4, -0.2) is 22.0 Å². The molecule has 0 radical (unpaired) electrons. The van der Waals surface area contributed by atoms with Crippen LogP contribution in [-0.2, 0) is 6.54 Å². The number of nitrogens with two attached hydrogens (primary N) is 1. The molecule has 32 heavy (non-hydrogen) atoms. The number of rotatable bonds is 8. The van der Waals surface area contributed by atoms with Crippen molar-refractivity contribution < 1.29 is 9.18 Å². The second-order valence-electron chi connectivity index (χ2n) is 7.95. The summed E-state index contributed by atoms with van der Waals surface area (Å²) in [5, 5.41) is 0. The van der Waals surface area contributed by atoms with E-state index in [1.807, 2.05) is 20.8 Å². The number of anilines is 2. The number of nitrogens with one attached hydrogen (secondary N) is 1. The number of benzene rings is 1. The molecule has 2 aromatic heterocycles. The zero-order valence-corrected chi connectivity index (χ0v) is 19.2. The Balaban J connectivity index is 2.07. The Labute approximate surface area is 189 Å². The van der Waals surface area contributed by atoms with Gasteiger partial charge in [0.1, 0.15) is 11.6 Å². The fourth-order valence-electron chi connectivity index (χ4n) is 3.41. The number of nitrogen functional groups attached to an aromatic ring is 1. The van der Waals surface area contributed by atoms with Crippen LogP contribution in [0.15, 0.2) is 46.0 Å². The normalized spacial score (nSPS) is 11.2. The maximum Gasteiger partial charge on any atom is 0.330 e. The van der Waals surface area contributed by atoms with Crippen molar-refractivity contribution in [3.8, 4) is 10.4 Å². The van der Waals surface area contributed by atoms with Crippen molar-refractivity contribution in [1.29, 1.82) is 0 Å². The summed E-state index contributed by atoms with van der Waals surface area (Å²) in [6.45, 7) is 6.38. The van der Waals surface area contributed by atoms with Gasteiger partial charge in [-0.1, -0.05) is 45.4 Å². The number of amides is 1. The minimum absolute atomic E-state index is 0.0375. The van der Waals surface area contributed by atoms with Gasteiger partial charge < -0.3 is 5.73 Å². The number of H-pyrrole nitrogens is 1. The Morgan fingerprint density at radius 1 is 1.22 bits per heavy atom. The van der Waals surface area contributed by atoms with E-state index in [2.05, 4.69) is 4.98 Å². The number of nitrogens with zero attached hydrogens (tertiary/aromatic N) is 2. The molecule has 0 saturated heterocycles. The van der Waals surface area contributed by atoms with Crippen LogP contribution in [0.5, 0.6) is 0 Å². The third-order valence-corrected chi connectivity index (χ3v) is 6.07. The van der Waals surface area contributed by atoms with Crippen LogP contribution < -0.4 is 21.9 Å². The summed E-state index contributed by atoms with van der Waals surface area (Å²) in [5.41, 5.74) is 5.29. The molecule has 0 spiro atoms. The standard InChI is InChI=1S/C23H27FN4O3S/c1-4-5-12-27(19-20(25)28(13-14(2)3)23(31)26-21(19)29)22(30)18-11-10-17(32-18)15-8-6-7-9-16(15)24/h6-11,14H,4-5,12-13,25H2,1-3H3,(H,26,29,31). The molecule has 0 bridgehead atoms. The molecule has 3 aromatic rings. The summed E-state index contributed by atoms with van der Waals surface area (Å²) in [6, 6.07) is 9.64. The van der Waals surface area contributed by atoms with Gasteiger partial charge in [-0.25, -0.2) is 9.18 Å². The molecule has 0 atom stereocenters. The predicted molar refractivity (Wildman–Crippen MR) is 127 cm³/mol. The lowest BCUT2D eigenvalue weighted by atomic mass is 10.2. The largest absolute Gasteiger partial charge is 0.383 e. The number of carbonyl (C=O) groups is 1. The van der Waals surface area contributed by atoms with E-state index in [4.69, 9.17) is 5.73 Å². The van der Waals surface area contributed by atoms with Crippen molar-refractivity contribution in [1.82, 2.24) is 9.55 Å². The first-order valence-corrected chi connectivity index (χ1v) is 11.3. The van der Waals surface area contributed by atoms with Gasteiger partial charge in [0, 0.05) is 23.5 Å². The van der Waals surface area contributed by atoms with E-state index < -0.39 is 17.2 Å². The predicted octanol–water partition coefficient (Wildman–Crippen LogP) is 4.09. The Bertz CT molecular complexity index is 1230. The maximum absolute atomic E-state index is 14.2. The van der Waals surface area contributed by atoms with Gasteiger partial charge in [-0.2, -0.15) is 0 Å². The van der Waals surface area contributed by atoms with Crippen molar-refractivity contribution >= 4 is 28.7 Å². The number of hydrogen-bond acceptors (Lipinski definition) is 5. The van der Waals surface area contributed by atoms with Gasteiger partial charge in [-0.05, 0) is 30.5 Å². The molecule has 0 saturated carbocycles. The summed E-state index contributed by atoms with van der Waals surface area (Å²) < 4.78 is 15.5. The number of unbranched alkanes of at least 4 members (excludes halogenated alkanes) is 1. The van der Waals surface area contributed by atoms with Gasteiger partial charge in [-0.15, -0.1) is 11.3 Å². The summed E-state index contributed by atoms with van der Waals surface area (Å²) in [4.78, 5) is 43.0. The number of hydrogen-bond donors (Lipinski definition) is 2. The number of aromatic amines is 1. The SMILES string of the molecule is CCCCN(C(=O)c1ccc(-c2ccccc2F)s1)c1c(N)n(CC(C)C)c(=O)[nH]c1=O. The van der Waals surface area contributed by atoms with E-state index in [1.165, 1.54) is 15.5 Å². The minimum atomic E-state index is -0.706. The smallest absolute Gasteiger partial charge is 0.330 e. The Hall–Kier alpha value is -3.20. The Morgan fingerprint density at radius 2 is 1.94 bits per heavy atom. The fourth-order valence-corrected chi connectivity index (χ4v) is 4.39. The topological polar surface area (TPSA) is 101 Å². The molecule has 0 aliphatic carbocycles. The highest BCUT2D eigenvalue weighted by Crippen LogP contribution is 2.31. The highest BCUT2D eigenvalue weighted by molar-refractivity contribution is 7.17. The van der Waals surface area contributed by atoms with Crippen LogP contribution in [0.1, 0.15) is 43.3 Å². The Kier molecular flexibility index (Phi) is 7.29. The molecule has 0 aliphatic heterocycles. The lowest BCUT2D eigenvalue weighted by Crippen LogP contribution is -2.41. The van der Waals surface area contributed by atoms with Gasteiger partial charge in [-0.3, -0.25) is 24.0 Å². The number of halogens is 1. The van der Waals surface area contributed by atoms with Gasteiger partial charge in [0.05, 0.1) is 4.88 Å². The van der Waals surface area contributed by atoms with Crippen LogP contribution in [0.25, 0.3) is 10.4 Å². The highest BCUT2D eigenvalue weighted by atomic mass is 32.1. The molecule has 2 heterocycles. The molecule has 3 rings (SSSR count). The lowest BCUT2D eigenvalue weighted by molar-refractivity contribution is 0.0990. The molecule has 3 N–H and O–H groups in total. The van der Waals surface area contributed by atoms with Crippen molar-refractivity contribution in [3.63, 3.8) is 0 Å². The van der Waals surface area contributed by atoms with Gasteiger partial charge >= 0.3 is 5.69 Å². The lowest BCUT2D eigenvalue weighted by Gasteiger charge is -2.24. The quantitative estimate of drug-likeness (QED) is 0.531. The molecule has 0 unspecified atom stereocenters. The van der Waals surface area contributed by atoms with Crippen molar-refractivity contribution in [2.24, 2.45) is 5.92 Å². The summed E-state index contributed by atoms with van der Waals surface area (Å²) in [5.74, 6) is -0.729.